The number of para-hydroxylation sites is 1. The Bertz CT molecular complexity index is 656. The third kappa shape index (κ3) is 5.13. The van der Waals surface area contributed by atoms with Gasteiger partial charge in [0, 0.05) is 11.6 Å². The summed E-state index contributed by atoms with van der Waals surface area (Å²) in [6.07, 6.45) is 2.58. The Kier molecular flexibility index (Phi) is 5.42. The number of amides is 1. The van der Waals surface area contributed by atoms with Gasteiger partial charge in [0.1, 0.15) is 5.60 Å². The minimum absolute atomic E-state index is 0.490. The molecule has 0 bridgehead atoms. The lowest BCUT2D eigenvalue weighted by Crippen LogP contribution is -2.27. The number of carbonyl (C=O) groups is 1. The molecule has 0 spiro atoms. The van der Waals surface area contributed by atoms with Crippen LogP contribution in [0.4, 0.5) is 10.5 Å². The van der Waals surface area contributed by atoms with Crippen LogP contribution in [0.15, 0.2) is 34.9 Å². The molecule has 124 valence electrons. The summed E-state index contributed by atoms with van der Waals surface area (Å²) in [5.41, 5.74) is 1.81. The Hall–Kier alpha value is -2.30. The van der Waals surface area contributed by atoms with Gasteiger partial charge in [-0.05, 0) is 45.7 Å². The van der Waals surface area contributed by atoms with E-state index in [1.165, 1.54) is 0 Å². The maximum absolute atomic E-state index is 12.0. The topological polar surface area (TPSA) is 64.4 Å². The van der Waals surface area contributed by atoms with Gasteiger partial charge in [0.25, 0.3) is 0 Å². The van der Waals surface area contributed by atoms with E-state index in [-0.39, 0.29) is 0 Å². The summed E-state index contributed by atoms with van der Waals surface area (Å²) in [6.45, 7) is 7.62. The second-order valence-electron chi connectivity index (χ2n) is 6.46. The Morgan fingerprint density at radius 3 is 2.74 bits per heavy atom. The smallest absolute Gasteiger partial charge is 0.412 e. The summed E-state index contributed by atoms with van der Waals surface area (Å²) in [5.74, 6) is 0.641. The van der Waals surface area contributed by atoms with E-state index >= 15 is 0 Å². The number of unbranched alkanes of at least 4 members (excludes halogenated alkanes) is 1. The fraction of sp³-hybridized carbons (Fsp3) is 0.444. The molecule has 0 radical (unpaired) electrons. The van der Waals surface area contributed by atoms with Crippen LogP contribution in [-0.4, -0.2) is 16.9 Å². The molecule has 23 heavy (non-hydrogen) atoms. The molecule has 0 aliphatic rings. The number of nitrogens with zero attached hydrogens (tertiary/aromatic N) is 1. The second-order valence-corrected chi connectivity index (χ2v) is 6.46. The Labute approximate surface area is 137 Å². The van der Waals surface area contributed by atoms with E-state index in [9.17, 15) is 4.79 Å². The molecule has 1 N–H and O–H groups in total. The standard InChI is InChI=1S/C18H24N2O3/c1-5-6-9-13-12-16(23-20-13)14-10-7-8-11-15(14)19-17(21)22-18(2,3)4/h7-8,10-12H,5-6,9H2,1-4H3,(H,19,21). The van der Waals surface area contributed by atoms with Crippen LogP contribution in [0, 0.1) is 0 Å². The molecule has 0 unspecified atom stereocenters. The number of anilines is 1. The van der Waals surface area contributed by atoms with Crippen LogP contribution in [0.25, 0.3) is 11.3 Å². The largest absolute Gasteiger partial charge is 0.444 e. The zero-order valence-electron chi connectivity index (χ0n) is 14.2. The number of hydrogen-bond donors (Lipinski definition) is 1. The Morgan fingerprint density at radius 2 is 2.04 bits per heavy atom. The number of carbonyl (C=O) groups excluding carboxylic acids is 1. The molecular formula is C18H24N2O3. The maximum Gasteiger partial charge on any atom is 0.412 e. The average Bonchev–Trinajstić information content (AvgIpc) is 2.92. The number of ether oxygens (including phenoxy) is 1. The van der Waals surface area contributed by atoms with Crippen LogP contribution in [0.1, 0.15) is 46.2 Å². The molecule has 1 aromatic carbocycles. The highest BCUT2D eigenvalue weighted by atomic mass is 16.6. The van der Waals surface area contributed by atoms with Gasteiger partial charge >= 0.3 is 6.09 Å². The van der Waals surface area contributed by atoms with Gasteiger partial charge in [0.05, 0.1) is 11.4 Å². The van der Waals surface area contributed by atoms with Crippen molar-refractivity contribution in [2.24, 2.45) is 0 Å². The highest BCUT2D eigenvalue weighted by Gasteiger charge is 2.18. The number of benzene rings is 1. The van der Waals surface area contributed by atoms with Crippen molar-refractivity contribution >= 4 is 11.8 Å². The summed E-state index contributed by atoms with van der Waals surface area (Å²) in [6, 6.07) is 9.37. The summed E-state index contributed by atoms with van der Waals surface area (Å²) >= 11 is 0. The summed E-state index contributed by atoms with van der Waals surface area (Å²) < 4.78 is 10.7. The zero-order valence-corrected chi connectivity index (χ0v) is 14.2. The highest BCUT2D eigenvalue weighted by molar-refractivity contribution is 5.90. The van der Waals surface area contributed by atoms with Gasteiger partial charge in [0.2, 0.25) is 0 Å². The monoisotopic (exact) mass is 316 g/mol. The molecule has 0 saturated heterocycles. The lowest BCUT2D eigenvalue weighted by Gasteiger charge is -2.20. The van der Waals surface area contributed by atoms with Crippen molar-refractivity contribution in [3.05, 3.63) is 36.0 Å². The normalized spacial score (nSPS) is 11.3. The molecule has 0 saturated carbocycles. The SMILES string of the molecule is CCCCc1cc(-c2ccccc2NC(=O)OC(C)(C)C)on1. The molecule has 5 nitrogen and oxygen atoms in total. The van der Waals surface area contributed by atoms with Crippen LogP contribution in [0.5, 0.6) is 0 Å². The molecular weight excluding hydrogens is 292 g/mol. The number of hydrogen-bond acceptors (Lipinski definition) is 4. The molecule has 1 heterocycles. The van der Waals surface area contributed by atoms with Crippen molar-refractivity contribution in [1.29, 1.82) is 0 Å². The molecule has 2 aromatic rings. The number of aryl methyl sites for hydroxylation is 1. The van der Waals surface area contributed by atoms with Crippen molar-refractivity contribution in [1.82, 2.24) is 5.16 Å². The van der Waals surface area contributed by atoms with Gasteiger partial charge in [0.15, 0.2) is 5.76 Å². The first-order chi connectivity index (χ1) is 10.9. The van der Waals surface area contributed by atoms with Crippen LogP contribution in [0.2, 0.25) is 0 Å². The lowest BCUT2D eigenvalue weighted by molar-refractivity contribution is 0.0636. The van der Waals surface area contributed by atoms with Gasteiger partial charge in [-0.3, -0.25) is 5.32 Å². The van der Waals surface area contributed by atoms with Gasteiger partial charge in [-0.2, -0.15) is 0 Å². The average molecular weight is 316 g/mol. The van der Waals surface area contributed by atoms with E-state index in [2.05, 4.69) is 17.4 Å². The van der Waals surface area contributed by atoms with E-state index in [0.29, 0.717) is 11.4 Å². The maximum atomic E-state index is 12.0. The van der Waals surface area contributed by atoms with Gasteiger partial charge in [-0.25, -0.2) is 4.79 Å². The minimum atomic E-state index is -0.543. The minimum Gasteiger partial charge on any atom is -0.444 e. The van der Waals surface area contributed by atoms with Crippen molar-refractivity contribution in [3.8, 4) is 11.3 Å². The van der Waals surface area contributed by atoms with Crippen molar-refractivity contribution in [3.63, 3.8) is 0 Å². The van der Waals surface area contributed by atoms with Gasteiger partial charge in [-0.1, -0.05) is 30.6 Å². The number of aromatic nitrogens is 1. The third-order valence-electron chi connectivity index (χ3n) is 3.17. The van der Waals surface area contributed by atoms with E-state index < -0.39 is 11.7 Å². The number of nitrogens with one attached hydrogen (secondary N) is 1. The summed E-state index contributed by atoms with van der Waals surface area (Å²) in [7, 11) is 0. The van der Waals surface area contributed by atoms with Crippen molar-refractivity contribution in [2.75, 3.05) is 5.32 Å². The molecule has 5 heteroatoms. The first-order valence-electron chi connectivity index (χ1n) is 7.94. The fourth-order valence-electron chi connectivity index (χ4n) is 2.14. The predicted octanol–water partition coefficient (Wildman–Crippen LogP) is 5.03. The molecule has 1 aromatic heterocycles. The molecule has 0 aliphatic heterocycles. The second kappa shape index (κ2) is 7.31. The van der Waals surface area contributed by atoms with Crippen LogP contribution in [0.3, 0.4) is 0 Å². The van der Waals surface area contributed by atoms with Crippen LogP contribution < -0.4 is 5.32 Å². The Balaban J connectivity index is 2.17. The van der Waals surface area contributed by atoms with Crippen molar-refractivity contribution in [2.45, 2.75) is 52.6 Å². The summed E-state index contributed by atoms with van der Waals surface area (Å²) in [5, 5.41) is 6.86. The van der Waals surface area contributed by atoms with E-state index in [1.807, 2.05) is 51.1 Å². The summed E-state index contributed by atoms with van der Waals surface area (Å²) in [4.78, 5) is 12.0. The Morgan fingerprint density at radius 1 is 1.30 bits per heavy atom. The molecule has 0 fully saturated rings. The molecule has 0 aliphatic carbocycles. The number of rotatable bonds is 5. The van der Waals surface area contributed by atoms with Crippen molar-refractivity contribution < 1.29 is 14.1 Å². The van der Waals surface area contributed by atoms with E-state index in [1.54, 1.807) is 0 Å². The van der Waals surface area contributed by atoms with Gasteiger partial charge < -0.3 is 9.26 Å². The van der Waals surface area contributed by atoms with Crippen LogP contribution in [-0.2, 0) is 11.2 Å². The molecule has 1 amide bonds. The first kappa shape index (κ1) is 17.1. The zero-order chi connectivity index (χ0) is 16.9. The molecule has 2 rings (SSSR count). The highest BCUT2D eigenvalue weighted by Crippen LogP contribution is 2.29. The first-order valence-corrected chi connectivity index (χ1v) is 7.94. The van der Waals surface area contributed by atoms with E-state index in [4.69, 9.17) is 9.26 Å². The third-order valence-corrected chi connectivity index (χ3v) is 3.17. The quantitative estimate of drug-likeness (QED) is 0.840. The fourth-order valence-corrected chi connectivity index (χ4v) is 2.14. The predicted molar refractivity (Wildman–Crippen MR) is 90.4 cm³/mol. The van der Waals surface area contributed by atoms with Gasteiger partial charge in [-0.15, -0.1) is 0 Å². The lowest BCUT2D eigenvalue weighted by atomic mass is 10.1. The van der Waals surface area contributed by atoms with Crippen LogP contribution >= 0.6 is 0 Å². The van der Waals surface area contributed by atoms with E-state index in [0.717, 1.165) is 30.5 Å². The molecule has 0 atom stereocenters.